The number of ether oxygens (including phenoxy) is 2. The van der Waals surface area contributed by atoms with Crippen molar-refractivity contribution < 1.29 is 19.1 Å². The summed E-state index contributed by atoms with van der Waals surface area (Å²) in [6.07, 6.45) is 2.20. The lowest BCUT2D eigenvalue weighted by Crippen LogP contribution is -2.36. The summed E-state index contributed by atoms with van der Waals surface area (Å²) in [7, 11) is 0. The van der Waals surface area contributed by atoms with Crippen LogP contribution >= 0.6 is 0 Å². The van der Waals surface area contributed by atoms with Crippen LogP contribution in [-0.2, 0) is 9.47 Å². The molecular weight excluding hydrogens is 330 g/mol. The summed E-state index contributed by atoms with van der Waals surface area (Å²) < 4.78 is 11.9. The van der Waals surface area contributed by atoms with Crippen LogP contribution in [0.1, 0.15) is 51.6 Å². The smallest absolute Gasteiger partial charge is 0.261 e. The highest BCUT2D eigenvalue weighted by molar-refractivity contribution is 6.21. The van der Waals surface area contributed by atoms with E-state index in [9.17, 15) is 9.59 Å². The van der Waals surface area contributed by atoms with Crippen molar-refractivity contribution in [3.05, 3.63) is 71.3 Å². The predicted molar refractivity (Wildman–Crippen MR) is 95.7 cm³/mol. The number of fused-ring (bicyclic) bond motifs is 1. The van der Waals surface area contributed by atoms with Crippen molar-refractivity contribution >= 4 is 11.8 Å². The fraction of sp³-hybridized carbons (Fsp3) is 0.333. The molecule has 2 amide bonds. The molecule has 0 spiro atoms. The molecule has 2 aliphatic heterocycles. The number of rotatable bonds is 5. The van der Waals surface area contributed by atoms with Gasteiger partial charge in [0.2, 0.25) is 0 Å². The zero-order chi connectivity index (χ0) is 17.9. The minimum absolute atomic E-state index is 0.177. The largest absolute Gasteiger partial charge is 0.353 e. The summed E-state index contributed by atoms with van der Waals surface area (Å²) in [5.74, 6) is -0.528. The quantitative estimate of drug-likeness (QED) is 0.773. The third-order valence-electron chi connectivity index (χ3n) is 4.85. The minimum atomic E-state index is -0.415. The van der Waals surface area contributed by atoms with E-state index < -0.39 is 6.10 Å². The highest BCUT2D eigenvalue weighted by Gasteiger charge is 2.37. The van der Waals surface area contributed by atoms with Gasteiger partial charge in [-0.1, -0.05) is 42.5 Å². The Balaban J connectivity index is 1.57. The van der Waals surface area contributed by atoms with E-state index in [1.807, 2.05) is 30.3 Å². The van der Waals surface area contributed by atoms with E-state index in [2.05, 4.69) is 0 Å². The second-order valence-corrected chi connectivity index (χ2v) is 6.60. The van der Waals surface area contributed by atoms with Gasteiger partial charge in [-0.05, 0) is 37.0 Å². The zero-order valence-electron chi connectivity index (χ0n) is 14.5. The molecule has 0 N–H and O–H groups in total. The Morgan fingerprint density at radius 3 is 2.23 bits per heavy atom. The number of amides is 2. The summed E-state index contributed by atoms with van der Waals surface area (Å²) in [6.45, 7) is 0.857. The first-order chi connectivity index (χ1) is 12.7. The maximum Gasteiger partial charge on any atom is 0.261 e. The maximum absolute atomic E-state index is 12.7. The molecule has 1 saturated heterocycles. The lowest BCUT2D eigenvalue weighted by Gasteiger charge is -2.30. The molecule has 26 heavy (non-hydrogen) atoms. The van der Waals surface area contributed by atoms with Crippen LogP contribution in [0.25, 0.3) is 0 Å². The molecule has 0 aromatic heterocycles. The molecule has 2 atom stereocenters. The molecule has 5 heteroatoms. The summed E-state index contributed by atoms with van der Waals surface area (Å²) in [5, 5.41) is 0. The van der Waals surface area contributed by atoms with Gasteiger partial charge in [-0.25, -0.2) is 0 Å². The van der Waals surface area contributed by atoms with Crippen molar-refractivity contribution in [2.24, 2.45) is 0 Å². The molecule has 0 aliphatic carbocycles. The normalized spacial score (nSPS) is 20.9. The van der Waals surface area contributed by atoms with Gasteiger partial charge < -0.3 is 9.47 Å². The van der Waals surface area contributed by atoms with Crippen molar-refractivity contribution in [1.82, 2.24) is 4.90 Å². The van der Waals surface area contributed by atoms with E-state index in [1.165, 1.54) is 4.90 Å². The molecule has 0 bridgehead atoms. The van der Waals surface area contributed by atoms with Crippen LogP contribution in [0.15, 0.2) is 54.6 Å². The summed E-state index contributed by atoms with van der Waals surface area (Å²) in [4.78, 5) is 26.7. The van der Waals surface area contributed by atoms with E-state index in [-0.39, 0.29) is 24.6 Å². The molecule has 1 unspecified atom stereocenters. The Morgan fingerprint density at radius 2 is 1.62 bits per heavy atom. The van der Waals surface area contributed by atoms with Crippen LogP contribution in [-0.4, -0.2) is 36.2 Å². The molecule has 2 heterocycles. The van der Waals surface area contributed by atoms with Crippen LogP contribution in [0.4, 0.5) is 0 Å². The van der Waals surface area contributed by atoms with Crippen LogP contribution in [0, 0.1) is 0 Å². The average Bonchev–Trinajstić information content (AvgIpc) is 2.94. The minimum Gasteiger partial charge on any atom is -0.353 e. The van der Waals surface area contributed by atoms with E-state index >= 15 is 0 Å². The summed E-state index contributed by atoms with van der Waals surface area (Å²) >= 11 is 0. The van der Waals surface area contributed by atoms with Gasteiger partial charge >= 0.3 is 0 Å². The monoisotopic (exact) mass is 351 g/mol. The van der Waals surface area contributed by atoms with E-state index in [0.717, 1.165) is 24.8 Å². The molecule has 4 rings (SSSR count). The summed E-state index contributed by atoms with van der Waals surface area (Å²) in [5.41, 5.74) is 1.84. The van der Waals surface area contributed by atoms with Gasteiger partial charge in [0, 0.05) is 6.61 Å². The molecular formula is C21H21NO4. The van der Waals surface area contributed by atoms with E-state index in [4.69, 9.17) is 9.47 Å². The van der Waals surface area contributed by atoms with Crippen LogP contribution in [0.3, 0.4) is 0 Å². The molecule has 0 radical (unpaired) electrons. The van der Waals surface area contributed by atoms with Crippen molar-refractivity contribution in [2.75, 3.05) is 13.2 Å². The molecule has 134 valence electrons. The molecule has 2 aromatic rings. The van der Waals surface area contributed by atoms with Crippen molar-refractivity contribution in [2.45, 2.75) is 31.7 Å². The highest BCUT2D eigenvalue weighted by atomic mass is 16.7. The van der Waals surface area contributed by atoms with E-state index in [1.54, 1.807) is 24.3 Å². The Morgan fingerprint density at radius 1 is 0.962 bits per heavy atom. The number of hydrogen-bond acceptors (Lipinski definition) is 4. The SMILES string of the molecule is O=C1c2ccccc2C(=O)N1C[C@H](OC1CCCCO1)c1ccccc1. The Hall–Kier alpha value is -2.50. The first-order valence-electron chi connectivity index (χ1n) is 9.01. The Bertz CT molecular complexity index is 764. The first-order valence-corrected chi connectivity index (χ1v) is 9.01. The third-order valence-corrected chi connectivity index (χ3v) is 4.85. The fourth-order valence-electron chi connectivity index (χ4n) is 3.47. The van der Waals surface area contributed by atoms with Crippen LogP contribution < -0.4 is 0 Å². The zero-order valence-corrected chi connectivity index (χ0v) is 14.5. The van der Waals surface area contributed by atoms with Gasteiger partial charge in [0.15, 0.2) is 6.29 Å². The first kappa shape index (κ1) is 16.9. The predicted octanol–water partition coefficient (Wildman–Crippen LogP) is 3.57. The highest BCUT2D eigenvalue weighted by Crippen LogP contribution is 2.29. The lowest BCUT2D eigenvalue weighted by molar-refractivity contribution is -0.191. The fourth-order valence-corrected chi connectivity index (χ4v) is 3.47. The van der Waals surface area contributed by atoms with E-state index in [0.29, 0.717) is 17.7 Å². The average molecular weight is 351 g/mol. The van der Waals surface area contributed by atoms with Gasteiger partial charge in [-0.15, -0.1) is 0 Å². The molecule has 5 nitrogen and oxygen atoms in total. The molecule has 0 saturated carbocycles. The van der Waals surface area contributed by atoms with Gasteiger partial charge in [-0.2, -0.15) is 0 Å². The van der Waals surface area contributed by atoms with Crippen molar-refractivity contribution in [3.8, 4) is 0 Å². The number of imide groups is 1. The van der Waals surface area contributed by atoms with Crippen molar-refractivity contribution in [3.63, 3.8) is 0 Å². The van der Waals surface area contributed by atoms with Gasteiger partial charge in [0.1, 0.15) is 6.10 Å². The molecule has 2 aromatic carbocycles. The number of hydrogen-bond donors (Lipinski definition) is 0. The Kier molecular flexibility index (Phi) is 4.82. The number of carbonyl (C=O) groups excluding carboxylic acids is 2. The van der Waals surface area contributed by atoms with Gasteiger partial charge in [0.05, 0.1) is 17.7 Å². The molecule has 1 fully saturated rings. The Labute approximate surface area is 152 Å². The number of benzene rings is 2. The third kappa shape index (κ3) is 3.28. The standard InChI is InChI=1S/C21H21NO4/c23-20-16-10-4-5-11-17(16)21(24)22(20)14-18(15-8-2-1-3-9-15)26-19-12-6-7-13-25-19/h1-5,8-11,18-19H,6-7,12-14H2/t18-,19?/m0/s1. The van der Waals surface area contributed by atoms with Gasteiger partial charge in [-0.3, -0.25) is 14.5 Å². The lowest BCUT2D eigenvalue weighted by atomic mass is 10.1. The topological polar surface area (TPSA) is 55.8 Å². The van der Waals surface area contributed by atoms with Crippen LogP contribution in [0.5, 0.6) is 0 Å². The van der Waals surface area contributed by atoms with Crippen molar-refractivity contribution in [1.29, 1.82) is 0 Å². The maximum atomic E-state index is 12.7. The number of nitrogens with zero attached hydrogens (tertiary/aromatic N) is 1. The van der Waals surface area contributed by atoms with Gasteiger partial charge in [0.25, 0.3) is 11.8 Å². The van der Waals surface area contributed by atoms with Crippen LogP contribution in [0.2, 0.25) is 0 Å². The molecule has 2 aliphatic rings. The summed E-state index contributed by atoms with van der Waals surface area (Å²) in [6, 6.07) is 16.6. The second-order valence-electron chi connectivity index (χ2n) is 6.60. The second kappa shape index (κ2) is 7.40. The number of carbonyl (C=O) groups is 2.